The zero-order valence-corrected chi connectivity index (χ0v) is 12.4. The number of para-hydroxylation sites is 1. The van der Waals surface area contributed by atoms with Crippen LogP contribution in [-0.4, -0.2) is 30.1 Å². The van der Waals surface area contributed by atoms with Gasteiger partial charge in [0.05, 0.1) is 24.1 Å². The number of halogens is 1. The van der Waals surface area contributed by atoms with Crippen molar-refractivity contribution in [2.75, 3.05) is 5.33 Å². The molecule has 5 nitrogen and oxygen atoms in total. The van der Waals surface area contributed by atoms with E-state index in [1.54, 1.807) is 0 Å². The molecule has 0 unspecified atom stereocenters. The molecule has 6 heteroatoms. The van der Waals surface area contributed by atoms with Crippen LogP contribution in [0.5, 0.6) is 0 Å². The topological polar surface area (TPSA) is 48.5 Å². The Morgan fingerprint density at radius 2 is 1.95 bits per heavy atom. The third-order valence-corrected chi connectivity index (χ3v) is 3.33. The summed E-state index contributed by atoms with van der Waals surface area (Å²) < 4.78 is 3.70. The van der Waals surface area contributed by atoms with Crippen molar-refractivity contribution < 1.29 is 0 Å². The van der Waals surface area contributed by atoms with Crippen LogP contribution in [0.2, 0.25) is 0 Å². The molecule has 20 heavy (non-hydrogen) atoms. The Hall–Kier alpha value is -1.95. The van der Waals surface area contributed by atoms with E-state index in [1.165, 1.54) is 0 Å². The molecule has 3 rings (SSSR count). The molecule has 1 aromatic carbocycles. The molecule has 0 aliphatic carbocycles. The van der Waals surface area contributed by atoms with E-state index in [-0.39, 0.29) is 0 Å². The van der Waals surface area contributed by atoms with Crippen molar-refractivity contribution >= 4 is 15.9 Å². The molecule has 0 aliphatic rings. The Morgan fingerprint density at radius 1 is 1.10 bits per heavy atom. The highest BCUT2D eigenvalue weighted by atomic mass is 79.9. The van der Waals surface area contributed by atoms with Crippen LogP contribution < -0.4 is 0 Å². The van der Waals surface area contributed by atoms with Crippen LogP contribution in [0.4, 0.5) is 0 Å². The number of rotatable bonds is 5. The number of alkyl halides is 1. The summed E-state index contributed by atoms with van der Waals surface area (Å²) in [4.78, 5) is 0. The van der Waals surface area contributed by atoms with Gasteiger partial charge in [-0.15, -0.1) is 5.10 Å². The molecule has 2 aromatic heterocycles. The molecule has 2 heterocycles. The Labute approximate surface area is 125 Å². The van der Waals surface area contributed by atoms with E-state index in [0.29, 0.717) is 6.54 Å². The van der Waals surface area contributed by atoms with Crippen molar-refractivity contribution in [3.63, 3.8) is 0 Å². The zero-order valence-electron chi connectivity index (χ0n) is 10.9. The van der Waals surface area contributed by atoms with Crippen molar-refractivity contribution in [2.45, 2.75) is 13.0 Å². The Balaban J connectivity index is 1.73. The van der Waals surface area contributed by atoms with Gasteiger partial charge in [0.15, 0.2) is 0 Å². The second-order valence-electron chi connectivity index (χ2n) is 4.48. The van der Waals surface area contributed by atoms with Crippen LogP contribution in [0.3, 0.4) is 0 Å². The van der Waals surface area contributed by atoms with E-state index in [9.17, 15) is 0 Å². The van der Waals surface area contributed by atoms with Gasteiger partial charge in [-0.25, -0.2) is 9.36 Å². The van der Waals surface area contributed by atoms with Gasteiger partial charge in [0.2, 0.25) is 0 Å². The molecular weight excluding hydrogens is 318 g/mol. The van der Waals surface area contributed by atoms with Crippen LogP contribution in [0.15, 0.2) is 48.9 Å². The Kier molecular flexibility index (Phi) is 3.92. The average Bonchev–Trinajstić information content (AvgIpc) is 3.11. The number of aryl methyl sites for hydroxylation is 1. The lowest BCUT2D eigenvalue weighted by atomic mass is 10.3. The summed E-state index contributed by atoms with van der Waals surface area (Å²) in [6.45, 7) is 0.683. The van der Waals surface area contributed by atoms with E-state index >= 15 is 0 Å². The smallest absolute Gasteiger partial charge is 0.0835 e. The molecule has 0 fully saturated rings. The predicted octanol–water partition coefficient (Wildman–Crippen LogP) is 2.45. The van der Waals surface area contributed by atoms with E-state index in [1.807, 2.05) is 58.3 Å². The van der Waals surface area contributed by atoms with Gasteiger partial charge in [-0.1, -0.05) is 39.3 Å². The first kappa shape index (κ1) is 13.1. The van der Waals surface area contributed by atoms with Gasteiger partial charge >= 0.3 is 0 Å². The number of nitrogens with zero attached hydrogens (tertiary/aromatic N) is 5. The maximum Gasteiger partial charge on any atom is 0.0835 e. The normalized spacial score (nSPS) is 10.8. The summed E-state index contributed by atoms with van der Waals surface area (Å²) in [5, 5.41) is 13.5. The lowest BCUT2D eigenvalue weighted by molar-refractivity contribution is 0.649. The number of hydrogen-bond acceptors (Lipinski definition) is 3. The number of aromatic nitrogens is 5. The van der Waals surface area contributed by atoms with Gasteiger partial charge in [0.1, 0.15) is 0 Å². The molecule has 0 saturated heterocycles. The van der Waals surface area contributed by atoms with Crippen molar-refractivity contribution in [1.82, 2.24) is 24.8 Å². The molecule has 0 spiro atoms. The fourth-order valence-electron chi connectivity index (χ4n) is 1.98. The predicted molar refractivity (Wildman–Crippen MR) is 80.2 cm³/mol. The first-order valence-corrected chi connectivity index (χ1v) is 7.51. The quantitative estimate of drug-likeness (QED) is 0.675. The van der Waals surface area contributed by atoms with Crippen LogP contribution >= 0.6 is 15.9 Å². The van der Waals surface area contributed by atoms with E-state index in [0.717, 1.165) is 28.7 Å². The third kappa shape index (κ3) is 2.96. The molecule has 0 atom stereocenters. The highest BCUT2D eigenvalue weighted by Crippen LogP contribution is 2.09. The minimum Gasteiger partial charge on any atom is -0.248 e. The van der Waals surface area contributed by atoms with Crippen LogP contribution in [0.25, 0.3) is 5.69 Å². The maximum absolute atomic E-state index is 4.37. The van der Waals surface area contributed by atoms with Crippen molar-refractivity contribution in [3.05, 3.63) is 60.2 Å². The largest absolute Gasteiger partial charge is 0.248 e. The van der Waals surface area contributed by atoms with Crippen molar-refractivity contribution in [3.8, 4) is 5.69 Å². The fourth-order valence-corrected chi connectivity index (χ4v) is 2.38. The molecule has 0 bridgehead atoms. The summed E-state index contributed by atoms with van der Waals surface area (Å²) in [7, 11) is 0. The van der Waals surface area contributed by atoms with Gasteiger partial charge in [-0.2, -0.15) is 5.10 Å². The minimum atomic E-state index is 0.683. The molecule has 0 N–H and O–H groups in total. The van der Waals surface area contributed by atoms with Gasteiger partial charge in [0.25, 0.3) is 0 Å². The molecule has 102 valence electrons. The highest BCUT2D eigenvalue weighted by Gasteiger charge is 2.04. The standard InChI is InChI=1S/C14H14BrN5/c15-7-6-13-11-19(18-17-13)9-12-8-16-20(10-12)14-4-2-1-3-5-14/h1-5,8,10-11H,6-7,9H2. The molecular formula is C14H14BrN5. The van der Waals surface area contributed by atoms with Crippen molar-refractivity contribution in [1.29, 1.82) is 0 Å². The third-order valence-electron chi connectivity index (χ3n) is 2.94. The Morgan fingerprint density at radius 3 is 2.75 bits per heavy atom. The summed E-state index contributed by atoms with van der Waals surface area (Å²) >= 11 is 3.40. The first-order valence-electron chi connectivity index (χ1n) is 6.39. The average molecular weight is 332 g/mol. The molecule has 0 saturated carbocycles. The fraction of sp³-hybridized carbons (Fsp3) is 0.214. The summed E-state index contributed by atoms with van der Waals surface area (Å²) in [6, 6.07) is 10.1. The SMILES string of the molecule is BrCCc1cn(Cc2cnn(-c3ccccc3)c2)nn1. The van der Waals surface area contributed by atoms with Gasteiger partial charge in [-0.3, -0.25) is 0 Å². The van der Waals surface area contributed by atoms with E-state index < -0.39 is 0 Å². The molecule has 0 radical (unpaired) electrons. The zero-order chi connectivity index (χ0) is 13.8. The van der Waals surface area contributed by atoms with Crippen LogP contribution in [0.1, 0.15) is 11.3 Å². The monoisotopic (exact) mass is 331 g/mol. The lowest BCUT2D eigenvalue weighted by Crippen LogP contribution is -1.99. The van der Waals surface area contributed by atoms with Crippen LogP contribution in [-0.2, 0) is 13.0 Å². The molecule has 3 aromatic rings. The Bertz CT molecular complexity index is 674. The van der Waals surface area contributed by atoms with E-state index in [2.05, 4.69) is 31.3 Å². The van der Waals surface area contributed by atoms with E-state index in [4.69, 9.17) is 0 Å². The van der Waals surface area contributed by atoms with Crippen LogP contribution in [0, 0.1) is 0 Å². The number of hydrogen-bond donors (Lipinski definition) is 0. The summed E-state index contributed by atoms with van der Waals surface area (Å²) in [5.41, 5.74) is 3.15. The van der Waals surface area contributed by atoms with Gasteiger partial charge in [-0.05, 0) is 12.1 Å². The second-order valence-corrected chi connectivity index (χ2v) is 5.27. The van der Waals surface area contributed by atoms with Gasteiger partial charge in [0, 0.05) is 29.7 Å². The summed E-state index contributed by atoms with van der Waals surface area (Å²) in [5.74, 6) is 0. The molecule has 0 aliphatic heterocycles. The lowest BCUT2D eigenvalue weighted by Gasteiger charge is -1.99. The minimum absolute atomic E-state index is 0.683. The second kappa shape index (κ2) is 6.00. The maximum atomic E-state index is 4.37. The highest BCUT2D eigenvalue weighted by molar-refractivity contribution is 9.09. The first-order chi connectivity index (χ1) is 9.85. The number of benzene rings is 1. The summed E-state index contributed by atoms with van der Waals surface area (Å²) in [6.07, 6.45) is 6.74. The molecule has 0 amide bonds. The van der Waals surface area contributed by atoms with Gasteiger partial charge < -0.3 is 0 Å². The van der Waals surface area contributed by atoms with Crippen molar-refractivity contribution in [2.24, 2.45) is 0 Å².